The van der Waals surface area contributed by atoms with E-state index in [2.05, 4.69) is 52.1 Å². The molecule has 0 unspecified atom stereocenters. The molecule has 1 heterocycles. The van der Waals surface area contributed by atoms with Crippen molar-refractivity contribution in [1.29, 1.82) is 0 Å². The van der Waals surface area contributed by atoms with Crippen LogP contribution >= 0.6 is 68.5 Å². The Morgan fingerprint density at radius 2 is 1.92 bits per heavy atom. The van der Waals surface area contributed by atoms with Crippen molar-refractivity contribution in [1.82, 2.24) is 9.55 Å². The third-order valence-corrected chi connectivity index (χ3v) is 6.22. The van der Waals surface area contributed by atoms with Crippen molar-refractivity contribution in [3.8, 4) is 5.69 Å². The quantitative estimate of drug-likeness (QED) is 0.223. The van der Waals surface area contributed by atoms with Crippen LogP contribution in [0.5, 0.6) is 0 Å². The van der Waals surface area contributed by atoms with Gasteiger partial charge in [0.05, 0.1) is 16.6 Å². The number of fused-ring (bicyclic) bond motifs is 1. The Hall–Kier alpha value is -0.320. The van der Waals surface area contributed by atoms with E-state index >= 15 is 0 Å². The summed E-state index contributed by atoms with van der Waals surface area (Å²) < 4.78 is 3.71. The first-order valence-corrected chi connectivity index (χ1v) is 10.8. The van der Waals surface area contributed by atoms with Crippen LogP contribution in [-0.4, -0.2) is 15.3 Å². The normalized spacial score (nSPS) is 11.2. The molecule has 1 aromatic heterocycles. The van der Waals surface area contributed by atoms with Crippen LogP contribution in [0.1, 0.15) is 13.3 Å². The third kappa shape index (κ3) is 3.76. The maximum atomic E-state index is 13.2. The minimum atomic E-state index is -0.0441. The van der Waals surface area contributed by atoms with Crippen molar-refractivity contribution in [2.45, 2.75) is 18.5 Å². The number of rotatable bonds is 4. The lowest BCUT2D eigenvalue weighted by Gasteiger charge is -2.14. The molecule has 0 saturated heterocycles. The molecule has 0 fully saturated rings. The summed E-state index contributed by atoms with van der Waals surface area (Å²) in [6.07, 6.45) is 1.02. The van der Waals surface area contributed by atoms with Crippen LogP contribution < -0.4 is 5.56 Å². The highest BCUT2D eigenvalue weighted by atomic mass is 127. The van der Waals surface area contributed by atoms with Crippen LogP contribution in [0, 0.1) is 7.14 Å². The Balaban J connectivity index is 2.34. The molecule has 0 spiro atoms. The summed E-state index contributed by atoms with van der Waals surface area (Å²) in [6.45, 7) is 2.12. The van der Waals surface area contributed by atoms with Gasteiger partial charge in [0.15, 0.2) is 5.16 Å². The largest absolute Gasteiger partial charge is 0.268 e. The van der Waals surface area contributed by atoms with Gasteiger partial charge in [-0.2, -0.15) is 0 Å². The van der Waals surface area contributed by atoms with E-state index < -0.39 is 0 Å². The monoisotopic (exact) mass is 582 g/mol. The van der Waals surface area contributed by atoms with Gasteiger partial charge in [-0.1, -0.05) is 30.3 Å². The zero-order valence-corrected chi connectivity index (χ0v) is 18.6. The lowest BCUT2D eigenvalue weighted by Crippen LogP contribution is -2.22. The second kappa shape index (κ2) is 7.92. The van der Waals surface area contributed by atoms with E-state index in [9.17, 15) is 4.79 Å². The highest BCUT2D eigenvalue weighted by Crippen LogP contribution is 2.26. The minimum absolute atomic E-state index is 0.0441. The van der Waals surface area contributed by atoms with Crippen molar-refractivity contribution >= 4 is 79.4 Å². The standard InChI is InChI=1S/C17H13ClI2N2OS/c1-2-7-24-17-21-15-13(8-11(19)9-14(15)20)16(23)22(17)12-5-3-10(18)4-6-12/h3-6,8-9H,2,7H2,1H3. The van der Waals surface area contributed by atoms with E-state index in [4.69, 9.17) is 16.6 Å². The Morgan fingerprint density at radius 3 is 2.58 bits per heavy atom. The number of aromatic nitrogens is 2. The number of hydrogen-bond acceptors (Lipinski definition) is 3. The molecule has 0 aliphatic carbocycles. The number of benzene rings is 2. The molecule has 0 atom stereocenters. The number of nitrogens with zero attached hydrogens (tertiary/aromatic N) is 2. The highest BCUT2D eigenvalue weighted by Gasteiger charge is 2.15. The molecular formula is C17H13ClI2N2OS. The van der Waals surface area contributed by atoms with Gasteiger partial charge in [-0.05, 0) is 88.0 Å². The number of hydrogen-bond donors (Lipinski definition) is 0. The fraction of sp³-hybridized carbons (Fsp3) is 0.176. The molecule has 0 aliphatic heterocycles. The molecule has 3 rings (SSSR count). The maximum absolute atomic E-state index is 13.2. The third-order valence-electron chi connectivity index (χ3n) is 3.38. The van der Waals surface area contributed by atoms with Gasteiger partial charge in [0.1, 0.15) is 0 Å². The van der Waals surface area contributed by atoms with Gasteiger partial charge >= 0.3 is 0 Å². The second-order valence-electron chi connectivity index (χ2n) is 5.14. The predicted molar refractivity (Wildman–Crippen MR) is 119 cm³/mol. The van der Waals surface area contributed by atoms with Crippen LogP contribution in [-0.2, 0) is 0 Å². The zero-order valence-electron chi connectivity index (χ0n) is 12.7. The molecule has 3 aromatic rings. The lowest BCUT2D eigenvalue weighted by molar-refractivity contribution is 0.818. The molecule has 24 heavy (non-hydrogen) atoms. The van der Waals surface area contributed by atoms with Gasteiger partial charge in [-0.15, -0.1) is 0 Å². The molecule has 0 N–H and O–H groups in total. The fourth-order valence-corrected chi connectivity index (χ4v) is 5.25. The molecule has 0 radical (unpaired) electrons. The average Bonchev–Trinajstić information content (AvgIpc) is 2.55. The van der Waals surface area contributed by atoms with E-state index in [0.29, 0.717) is 10.4 Å². The summed E-state index contributed by atoms with van der Waals surface area (Å²) in [5.74, 6) is 0.909. The Kier molecular flexibility index (Phi) is 6.10. The Morgan fingerprint density at radius 1 is 1.21 bits per heavy atom. The highest BCUT2D eigenvalue weighted by molar-refractivity contribution is 14.1. The van der Waals surface area contributed by atoms with Gasteiger partial charge in [-0.3, -0.25) is 9.36 Å². The van der Waals surface area contributed by atoms with Crippen LogP contribution in [0.3, 0.4) is 0 Å². The lowest BCUT2D eigenvalue weighted by atomic mass is 10.2. The van der Waals surface area contributed by atoms with E-state index in [1.54, 1.807) is 28.5 Å². The number of thioether (sulfide) groups is 1. The predicted octanol–water partition coefficient (Wildman–Crippen LogP) is 5.75. The van der Waals surface area contributed by atoms with Gasteiger partial charge in [0.2, 0.25) is 0 Å². The van der Waals surface area contributed by atoms with Gasteiger partial charge in [-0.25, -0.2) is 4.98 Å². The topological polar surface area (TPSA) is 34.9 Å². The molecule has 124 valence electrons. The first-order chi connectivity index (χ1) is 11.5. The molecule has 7 heteroatoms. The molecule has 3 nitrogen and oxygen atoms in total. The first-order valence-electron chi connectivity index (χ1n) is 7.32. The van der Waals surface area contributed by atoms with Crippen LogP contribution in [0.15, 0.2) is 46.3 Å². The second-order valence-corrected chi connectivity index (χ2v) is 9.05. The molecule has 2 aromatic carbocycles. The van der Waals surface area contributed by atoms with E-state index in [1.165, 1.54) is 0 Å². The Labute approximate surface area is 176 Å². The van der Waals surface area contributed by atoms with E-state index in [-0.39, 0.29) is 5.56 Å². The van der Waals surface area contributed by atoms with E-state index in [1.807, 2.05) is 24.3 Å². The smallest absolute Gasteiger partial charge is 0.266 e. The van der Waals surface area contributed by atoms with E-state index in [0.717, 1.165) is 35.7 Å². The zero-order chi connectivity index (χ0) is 17.3. The van der Waals surface area contributed by atoms with Crippen molar-refractivity contribution in [2.75, 3.05) is 5.75 Å². The van der Waals surface area contributed by atoms with Crippen molar-refractivity contribution in [3.63, 3.8) is 0 Å². The summed E-state index contributed by atoms with van der Waals surface area (Å²) >= 11 is 12.1. The average molecular weight is 583 g/mol. The Bertz CT molecular complexity index is 957. The summed E-state index contributed by atoms with van der Waals surface area (Å²) in [6, 6.07) is 11.2. The molecular weight excluding hydrogens is 570 g/mol. The first kappa shape index (κ1) is 18.5. The van der Waals surface area contributed by atoms with Gasteiger partial charge in [0.25, 0.3) is 5.56 Å². The summed E-state index contributed by atoms with van der Waals surface area (Å²) in [5, 5.41) is 2.00. The van der Waals surface area contributed by atoms with Crippen LogP contribution in [0.2, 0.25) is 5.02 Å². The summed E-state index contributed by atoms with van der Waals surface area (Å²) in [4.78, 5) is 18.0. The molecule has 0 aliphatic rings. The van der Waals surface area contributed by atoms with Crippen molar-refractivity contribution < 1.29 is 0 Å². The summed E-state index contributed by atoms with van der Waals surface area (Å²) in [5.41, 5.74) is 1.51. The summed E-state index contributed by atoms with van der Waals surface area (Å²) in [7, 11) is 0. The van der Waals surface area contributed by atoms with Gasteiger partial charge in [0, 0.05) is 17.9 Å². The minimum Gasteiger partial charge on any atom is -0.268 e. The fourth-order valence-electron chi connectivity index (χ4n) is 2.30. The van der Waals surface area contributed by atoms with Crippen LogP contribution in [0.4, 0.5) is 0 Å². The SMILES string of the molecule is CCCSc1nc2c(I)cc(I)cc2c(=O)n1-c1ccc(Cl)cc1. The van der Waals surface area contributed by atoms with Gasteiger partial charge < -0.3 is 0 Å². The molecule has 0 bridgehead atoms. The van der Waals surface area contributed by atoms with Crippen LogP contribution in [0.25, 0.3) is 16.6 Å². The van der Waals surface area contributed by atoms with Crippen molar-refractivity contribution in [3.05, 3.63) is 58.9 Å². The molecule has 0 amide bonds. The molecule has 0 saturated carbocycles. The van der Waals surface area contributed by atoms with Crippen molar-refractivity contribution in [2.24, 2.45) is 0 Å². The maximum Gasteiger partial charge on any atom is 0.266 e. The number of halogens is 3.